The highest BCUT2D eigenvalue weighted by Crippen LogP contribution is 2.41. The van der Waals surface area contributed by atoms with E-state index in [0.717, 1.165) is 119 Å². The smallest absolute Gasteiger partial charge is 0.423 e. The van der Waals surface area contributed by atoms with Crippen LogP contribution in [0.25, 0.3) is 83.3 Å². The maximum atomic E-state index is 14.4. The summed E-state index contributed by atoms with van der Waals surface area (Å²) in [6.07, 6.45) is 1.87. The van der Waals surface area contributed by atoms with Gasteiger partial charge in [0.05, 0.1) is 102 Å². The number of hydrogen-bond acceptors (Lipinski definition) is 11. The van der Waals surface area contributed by atoms with Crippen LogP contribution in [0.1, 0.15) is 59.5 Å². The molecule has 712 valence electrons. The summed E-state index contributed by atoms with van der Waals surface area (Å²) in [5.41, 5.74) is 2.24. The molecule has 4 N–H and O–H groups in total. The van der Waals surface area contributed by atoms with Gasteiger partial charge in [0.2, 0.25) is 0 Å². The van der Waals surface area contributed by atoms with Crippen molar-refractivity contribution >= 4 is 137 Å². The number of pyridine rings is 5. The molecule has 0 aliphatic carbocycles. The van der Waals surface area contributed by atoms with Crippen molar-refractivity contribution in [3.8, 4) is 55.8 Å². The number of nitrogens with one attached hydrogen (secondary N) is 2. The van der Waals surface area contributed by atoms with Crippen LogP contribution in [0, 0.1) is 77.2 Å². The summed E-state index contributed by atoms with van der Waals surface area (Å²) in [6, 6.07) is 62.2. The van der Waals surface area contributed by atoms with Gasteiger partial charge in [-0.25, -0.2) is 75.3 Å². The zero-order valence-corrected chi connectivity index (χ0v) is 78.4. The van der Waals surface area contributed by atoms with Crippen LogP contribution in [-0.4, -0.2) is 95.4 Å². The lowest BCUT2D eigenvalue weighted by atomic mass is 9.77. The van der Waals surface area contributed by atoms with Crippen LogP contribution in [0.4, 0.5) is 90.4 Å². The monoisotopic (exact) mass is 2220 g/mol. The van der Waals surface area contributed by atoms with Gasteiger partial charge >= 0.3 is 26.6 Å². The van der Waals surface area contributed by atoms with Gasteiger partial charge < -0.3 is 30.0 Å². The normalized spacial score (nSPS) is 12.5. The van der Waals surface area contributed by atoms with Crippen molar-refractivity contribution in [2.24, 2.45) is 0 Å². The molecule has 0 spiro atoms. The second kappa shape index (κ2) is 43.2. The molecule has 1 aliphatic heterocycles. The first kappa shape index (κ1) is 102. The third kappa shape index (κ3) is 22.9. The topological polar surface area (TPSA) is 204 Å². The number of rotatable bonds is 11. The lowest BCUT2D eigenvalue weighted by Gasteiger charge is -2.32. The Morgan fingerprint density at radius 1 is 0.379 bits per heavy atom. The maximum absolute atomic E-state index is 14.4. The number of benzene rings is 9. The molecule has 0 bridgehead atoms. The van der Waals surface area contributed by atoms with Crippen molar-refractivity contribution in [1.82, 2.24) is 48.1 Å². The van der Waals surface area contributed by atoms with E-state index in [0.29, 0.717) is 33.4 Å². The number of halogens is 21. The molecule has 1 saturated heterocycles. The van der Waals surface area contributed by atoms with Crippen molar-refractivity contribution in [3.63, 3.8) is 0 Å². The van der Waals surface area contributed by atoms with E-state index in [-0.39, 0.29) is 44.8 Å². The van der Waals surface area contributed by atoms with Gasteiger partial charge in [-0.05, 0) is 258 Å². The highest BCUT2D eigenvalue weighted by Gasteiger charge is 2.52. The van der Waals surface area contributed by atoms with E-state index in [1.54, 1.807) is 74.7 Å². The minimum absolute atomic E-state index is 0.0288. The highest BCUT2D eigenvalue weighted by atomic mass is 127. The molecule has 11 heterocycles. The van der Waals surface area contributed by atoms with Crippen LogP contribution < -0.4 is 21.6 Å². The molecule has 0 saturated carbocycles. The summed E-state index contributed by atoms with van der Waals surface area (Å²) in [6.45, 7) is 7.27. The number of nitrogens with zero attached hydrogens (tertiary/aromatic N) is 10. The van der Waals surface area contributed by atoms with Crippen LogP contribution in [0.3, 0.4) is 0 Å². The van der Waals surface area contributed by atoms with Crippen molar-refractivity contribution in [3.05, 3.63) is 414 Å². The molecule has 18 nitrogen and oxygen atoms in total. The summed E-state index contributed by atoms with van der Waals surface area (Å²) in [7, 11) is -2.88. The number of anilines is 2. The third-order valence-corrected chi connectivity index (χ3v) is 24.0. The van der Waals surface area contributed by atoms with E-state index in [2.05, 4.69) is 97.2 Å². The van der Waals surface area contributed by atoms with E-state index in [9.17, 15) is 88.6 Å². The summed E-state index contributed by atoms with van der Waals surface area (Å²) < 4.78 is 265. The average Bonchev–Trinajstić information content (AvgIpc) is 1.34. The Hall–Kier alpha value is -14.0. The molecule has 0 radical (unpaired) electrons. The first-order chi connectivity index (χ1) is 66.6. The zero-order valence-electron chi connectivity index (χ0n) is 72.5. The molecule has 41 heteroatoms. The van der Waals surface area contributed by atoms with Gasteiger partial charge in [0.1, 0.15) is 19.0 Å². The fourth-order valence-corrected chi connectivity index (χ4v) is 15.7. The van der Waals surface area contributed by atoms with Crippen molar-refractivity contribution in [2.75, 3.05) is 10.6 Å². The van der Waals surface area contributed by atoms with Gasteiger partial charge in [-0.1, -0.05) is 103 Å². The predicted molar refractivity (Wildman–Crippen MR) is 513 cm³/mol. The van der Waals surface area contributed by atoms with Crippen LogP contribution >= 0.6 is 61.1 Å². The van der Waals surface area contributed by atoms with Gasteiger partial charge in [0, 0.05) is 79.3 Å². The van der Waals surface area contributed by atoms with E-state index >= 15 is 0 Å². The maximum Gasteiger partial charge on any atom is 0.494 e. The van der Waals surface area contributed by atoms with Crippen LogP contribution in [0.5, 0.6) is 0 Å². The van der Waals surface area contributed by atoms with Crippen LogP contribution in [0.2, 0.25) is 0 Å². The molecule has 10 aromatic heterocycles. The zero-order chi connectivity index (χ0) is 101. The Balaban J connectivity index is 0.000000136. The average molecular weight is 2220 g/mol. The number of amides is 2. The number of fused-ring (bicyclic) bond motifs is 5. The summed E-state index contributed by atoms with van der Waals surface area (Å²) in [5, 5.41) is 42.4. The standard InChI is InChI=1S/C27H15F6N3O.C20H20BF4NO3.2C13H7F2IN2.C13H8F2N2.C7H5BrN2.C6H5BF2O2/c28-16-8-10-17(11-9-16)35-26(37)19-13-15(7-12-21(19)27(31,32)33)23-5-2-6-24-20(14-34-36(23)24)18-3-1-4-22(29)25(18)30;1-18(2)19(3,4)29-21(28-18)12-5-10-16(20(23,24)25)15(11-12)17(27)26-14-8-6-13(22)7-9-14;2*14-10-4-1-3-8(13(10)15)9-7-17-18-11(9)5-2-6-12(18)16;14-11-5-3-4-9(13(11)15)10-8-16-17-7-2-1-6-12(10)17;8-6-5-9-10-4-2-1-3-7(6)10;8-5-3-1-2-4(6(5)9)7(10)11/h1-14H,(H,35,37);5-11H,1-4H3,(H,26,27);2*1-7H;1-8H;1-5H;1-3,10-11H. The lowest BCUT2D eigenvalue weighted by molar-refractivity contribution is -0.138. The molecule has 2 amide bonds. The van der Waals surface area contributed by atoms with Crippen molar-refractivity contribution in [1.29, 1.82) is 0 Å². The minimum Gasteiger partial charge on any atom is -0.423 e. The van der Waals surface area contributed by atoms with Crippen molar-refractivity contribution in [2.45, 2.75) is 51.2 Å². The number of carbonyl (C=O) groups excluding carboxylic acids is 2. The first-order valence-electron chi connectivity index (χ1n) is 41.3. The number of alkyl halides is 6. The Labute approximate surface area is 819 Å². The fourth-order valence-electron chi connectivity index (χ4n) is 14.1. The van der Waals surface area contributed by atoms with E-state index < -0.39 is 147 Å². The molecule has 140 heavy (non-hydrogen) atoms. The van der Waals surface area contributed by atoms with Crippen LogP contribution in [-0.2, 0) is 21.7 Å². The Morgan fingerprint density at radius 2 is 0.729 bits per heavy atom. The predicted octanol–water partition coefficient (Wildman–Crippen LogP) is 24.5. The SMILES string of the molecule is Brc1cnn2ccccc12.CC1(C)OB(c2ccc(C(F)(F)F)c(C(=O)Nc3ccc(F)cc3)c2)OC1(C)C.Fc1cccc(-c2cnn3c(I)cccc23)c1F.Fc1cccc(-c2cnn3c(I)cccc23)c1F.Fc1cccc(-c2cnn3ccccc23)c1F.O=C(Nc1ccc(F)cc1)c1cc(-c2cccc3c(-c4cccc(F)c4F)cnn23)ccc1C(F)(F)F.OB(O)c1cccc(F)c1F. The molecule has 0 unspecified atom stereocenters. The molecule has 20 rings (SSSR count). The lowest BCUT2D eigenvalue weighted by Crippen LogP contribution is -2.41. The largest absolute Gasteiger partial charge is 0.494 e. The number of hydrogen-bond donors (Lipinski definition) is 4. The van der Waals surface area contributed by atoms with Gasteiger partial charge in [0.15, 0.2) is 58.2 Å². The van der Waals surface area contributed by atoms with Gasteiger partial charge in [0.25, 0.3) is 11.8 Å². The molecule has 1 aliphatic rings. The summed E-state index contributed by atoms with van der Waals surface area (Å²) in [4.78, 5) is 25.5. The van der Waals surface area contributed by atoms with Crippen LogP contribution in [0.15, 0.2) is 315 Å². The molecular weight excluding hydrogens is 2150 g/mol. The van der Waals surface area contributed by atoms with E-state index in [1.165, 1.54) is 89.7 Å². The molecule has 19 aromatic rings. The summed E-state index contributed by atoms with van der Waals surface area (Å²) >= 11 is 7.66. The Kier molecular flexibility index (Phi) is 31.4. The molecule has 9 aromatic carbocycles. The van der Waals surface area contributed by atoms with E-state index in [4.69, 9.17) is 19.4 Å². The van der Waals surface area contributed by atoms with Gasteiger partial charge in [-0.2, -0.15) is 51.8 Å². The van der Waals surface area contributed by atoms with Gasteiger partial charge in [-0.3, -0.25) is 9.59 Å². The van der Waals surface area contributed by atoms with Gasteiger partial charge in [-0.15, -0.1) is 0 Å². The third-order valence-electron chi connectivity index (χ3n) is 21.8. The fraction of sp³-hybridized carbons (Fsp3) is 0.0808. The van der Waals surface area contributed by atoms with Crippen molar-refractivity contribution < 1.29 is 108 Å². The Morgan fingerprint density at radius 3 is 1.15 bits per heavy atom. The quantitative estimate of drug-likeness (QED) is 0.0415. The van der Waals surface area contributed by atoms with E-state index in [1.807, 2.05) is 111 Å². The second-order valence-corrected chi connectivity index (χ2v) is 34.3. The minimum atomic E-state index is -4.83. The Bertz CT molecular complexity index is 7640. The molecule has 0 atom stereocenters. The highest BCUT2D eigenvalue weighted by molar-refractivity contribution is 14.1. The summed E-state index contributed by atoms with van der Waals surface area (Å²) in [5.74, 6) is -12.6. The molecular formula is C99H67B2BrF18I2N12O6. The number of carbonyl (C=O) groups is 2. The second-order valence-electron chi connectivity index (χ2n) is 31.3. The first-order valence-corrected chi connectivity index (χ1v) is 44.2. The molecule has 1 fully saturated rings. The number of aromatic nitrogens is 10.